The van der Waals surface area contributed by atoms with Crippen LogP contribution in [0.2, 0.25) is 0 Å². The lowest BCUT2D eigenvalue weighted by atomic mass is 10.2. The third kappa shape index (κ3) is 3.47. The van der Waals surface area contributed by atoms with Gasteiger partial charge in [-0.2, -0.15) is 0 Å². The highest BCUT2D eigenvalue weighted by Crippen LogP contribution is 2.28. The monoisotopic (exact) mass is 297 g/mol. The van der Waals surface area contributed by atoms with Crippen LogP contribution in [0.3, 0.4) is 0 Å². The summed E-state index contributed by atoms with van der Waals surface area (Å²) in [6.45, 7) is 5.60. The molecule has 0 N–H and O–H groups in total. The number of methoxy groups -OCH3 is 1. The summed E-state index contributed by atoms with van der Waals surface area (Å²) in [7, 11) is 1.29. The first kappa shape index (κ1) is 15.2. The molecule has 0 saturated carbocycles. The van der Waals surface area contributed by atoms with Gasteiger partial charge in [-0.15, -0.1) is 5.10 Å². The largest absolute Gasteiger partial charge is 0.467 e. The molecule has 2 atom stereocenters. The number of aromatic nitrogens is 4. The van der Waals surface area contributed by atoms with Gasteiger partial charge in [-0.3, -0.25) is 4.90 Å². The van der Waals surface area contributed by atoms with Crippen molar-refractivity contribution < 1.29 is 19.1 Å². The number of ether oxygens (including phenoxy) is 2. The van der Waals surface area contributed by atoms with Gasteiger partial charge in [0.15, 0.2) is 0 Å². The van der Waals surface area contributed by atoms with Gasteiger partial charge in [-0.05, 0) is 31.2 Å². The van der Waals surface area contributed by atoms with Gasteiger partial charge in [0, 0.05) is 13.0 Å². The molecule has 1 aromatic heterocycles. The van der Waals surface area contributed by atoms with Crippen molar-refractivity contribution in [3.05, 3.63) is 6.33 Å². The Balaban J connectivity index is 2.16. The van der Waals surface area contributed by atoms with Crippen molar-refractivity contribution >= 4 is 12.1 Å². The normalized spacial score (nSPS) is 22.2. The van der Waals surface area contributed by atoms with Crippen LogP contribution in [0.4, 0.5) is 4.79 Å². The van der Waals surface area contributed by atoms with E-state index in [4.69, 9.17) is 9.47 Å². The lowest BCUT2D eigenvalue weighted by Gasteiger charge is -2.27. The third-order valence-corrected chi connectivity index (χ3v) is 3.12. The SMILES string of the molecule is COC(=O)[C@H]1C[C@H](n2cnnn2)CN1C(=O)OC(C)(C)C. The van der Waals surface area contributed by atoms with Crippen LogP contribution < -0.4 is 0 Å². The molecular formula is C12H19N5O4. The number of hydrogen-bond acceptors (Lipinski definition) is 7. The van der Waals surface area contributed by atoms with Gasteiger partial charge < -0.3 is 9.47 Å². The van der Waals surface area contributed by atoms with Crippen molar-refractivity contribution in [1.29, 1.82) is 0 Å². The Kier molecular flexibility index (Phi) is 4.10. The molecule has 1 aliphatic heterocycles. The average molecular weight is 297 g/mol. The predicted molar refractivity (Wildman–Crippen MR) is 70.2 cm³/mol. The Morgan fingerprint density at radius 3 is 2.57 bits per heavy atom. The summed E-state index contributed by atoms with van der Waals surface area (Å²) in [4.78, 5) is 25.5. The standard InChI is InChI=1S/C12H19N5O4/c1-12(2,3)21-11(19)16-6-8(17-7-13-14-15-17)5-9(16)10(18)20-4/h7-9H,5-6H2,1-4H3/t8-,9+/m0/s1. The van der Waals surface area contributed by atoms with Crippen LogP contribution in [0, 0.1) is 0 Å². The van der Waals surface area contributed by atoms with Crippen LogP contribution in [-0.4, -0.2) is 62.5 Å². The Labute approximate surface area is 122 Å². The molecule has 1 aliphatic rings. The van der Waals surface area contributed by atoms with E-state index in [2.05, 4.69) is 15.5 Å². The molecule has 9 heteroatoms. The number of hydrogen-bond donors (Lipinski definition) is 0. The van der Waals surface area contributed by atoms with E-state index in [0.717, 1.165) is 0 Å². The maximum Gasteiger partial charge on any atom is 0.411 e. The van der Waals surface area contributed by atoms with E-state index in [9.17, 15) is 9.59 Å². The first-order chi connectivity index (χ1) is 9.81. The van der Waals surface area contributed by atoms with Crippen LogP contribution >= 0.6 is 0 Å². The topological polar surface area (TPSA) is 99.4 Å². The number of nitrogens with zero attached hydrogens (tertiary/aromatic N) is 5. The summed E-state index contributed by atoms with van der Waals surface area (Å²) in [5.74, 6) is -0.476. The molecule has 0 bridgehead atoms. The van der Waals surface area contributed by atoms with Gasteiger partial charge in [0.1, 0.15) is 18.0 Å². The van der Waals surface area contributed by atoms with Gasteiger partial charge in [0.05, 0.1) is 13.2 Å². The van der Waals surface area contributed by atoms with Crippen molar-refractivity contribution in [2.24, 2.45) is 0 Å². The minimum Gasteiger partial charge on any atom is -0.467 e. The number of carbonyl (C=O) groups is 2. The number of esters is 1. The maximum absolute atomic E-state index is 12.2. The lowest BCUT2D eigenvalue weighted by molar-refractivity contribution is -0.145. The highest BCUT2D eigenvalue weighted by atomic mass is 16.6. The van der Waals surface area contributed by atoms with Crippen molar-refractivity contribution in [1.82, 2.24) is 25.1 Å². The van der Waals surface area contributed by atoms with E-state index in [-0.39, 0.29) is 6.04 Å². The number of amides is 1. The molecule has 1 amide bonds. The van der Waals surface area contributed by atoms with Crippen molar-refractivity contribution in [3.8, 4) is 0 Å². The minimum atomic E-state index is -0.695. The highest BCUT2D eigenvalue weighted by molar-refractivity contribution is 5.82. The second-order valence-corrected chi connectivity index (χ2v) is 5.85. The molecule has 0 unspecified atom stereocenters. The summed E-state index contributed by atoms with van der Waals surface area (Å²) in [6, 6.07) is -0.879. The van der Waals surface area contributed by atoms with Gasteiger partial charge in [0.2, 0.25) is 0 Å². The Morgan fingerprint density at radius 1 is 1.33 bits per heavy atom. The number of rotatable bonds is 2. The van der Waals surface area contributed by atoms with E-state index in [1.165, 1.54) is 23.0 Å². The van der Waals surface area contributed by atoms with Gasteiger partial charge in [0.25, 0.3) is 0 Å². The summed E-state index contributed by atoms with van der Waals surface area (Å²) >= 11 is 0. The fourth-order valence-corrected chi connectivity index (χ4v) is 2.22. The van der Waals surface area contributed by atoms with Crippen LogP contribution in [-0.2, 0) is 14.3 Å². The van der Waals surface area contributed by atoms with Gasteiger partial charge in [-0.1, -0.05) is 0 Å². The molecule has 1 aromatic rings. The van der Waals surface area contributed by atoms with Gasteiger partial charge >= 0.3 is 12.1 Å². The van der Waals surface area contributed by atoms with E-state index in [1.54, 1.807) is 20.8 Å². The molecule has 1 fully saturated rings. The first-order valence-electron chi connectivity index (χ1n) is 6.61. The summed E-state index contributed by atoms with van der Waals surface area (Å²) < 4.78 is 11.6. The summed E-state index contributed by atoms with van der Waals surface area (Å²) in [6.07, 6.45) is 1.29. The van der Waals surface area contributed by atoms with E-state index in [0.29, 0.717) is 13.0 Å². The lowest BCUT2D eigenvalue weighted by Crippen LogP contribution is -2.43. The Morgan fingerprint density at radius 2 is 2.05 bits per heavy atom. The first-order valence-corrected chi connectivity index (χ1v) is 6.61. The molecular weight excluding hydrogens is 278 g/mol. The van der Waals surface area contributed by atoms with E-state index >= 15 is 0 Å². The number of carbonyl (C=O) groups excluding carboxylic acids is 2. The van der Waals surface area contributed by atoms with Crippen molar-refractivity contribution in [2.45, 2.75) is 44.9 Å². The van der Waals surface area contributed by atoms with E-state index in [1.807, 2.05) is 0 Å². The predicted octanol–water partition coefficient (Wildman–Crippen LogP) is 0.397. The molecule has 0 radical (unpaired) electrons. The quantitative estimate of drug-likeness (QED) is 0.728. The highest BCUT2D eigenvalue weighted by Gasteiger charge is 2.43. The molecule has 2 heterocycles. The minimum absolute atomic E-state index is 0.184. The molecule has 2 rings (SSSR count). The second kappa shape index (κ2) is 5.66. The van der Waals surface area contributed by atoms with Gasteiger partial charge in [-0.25, -0.2) is 14.3 Å². The molecule has 0 spiro atoms. The molecule has 21 heavy (non-hydrogen) atoms. The average Bonchev–Trinajstić information content (AvgIpc) is 3.04. The molecule has 9 nitrogen and oxygen atoms in total. The van der Waals surface area contributed by atoms with Crippen LogP contribution in [0.5, 0.6) is 0 Å². The van der Waals surface area contributed by atoms with Crippen LogP contribution in [0.25, 0.3) is 0 Å². The number of tetrazole rings is 1. The second-order valence-electron chi connectivity index (χ2n) is 5.85. The molecule has 0 aromatic carbocycles. The summed E-state index contributed by atoms with van der Waals surface area (Å²) in [5, 5.41) is 10.9. The molecule has 116 valence electrons. The molecule has 0 aliphatic carbocycles. The zero-order chi connectivity index (χ0) is 15.6. The van der Waals surface area contributed by atoms with Crippen LogP contribution in [0.1, 0.15) is 33.2 Å². The van der Waals surface area contributed by atoms with Crippen LogP contribution in [0.15, 0.2) is 6.33 Å². The van der Waals surface area contributed by atoms with Crippen molar-refractivity contribution in [2.75, 3.05) is 13.7 Å². The van der Waals surface area contributed by atoms with E-state index < -0.39 is 23.7 Å². The smallest absolute Gasteiger partial charge is 0.411 e. The number of likely N-dealkylation sites (tertiary alicyclic amines) is 1. The third-order valence-electron chi connectivity index (χ3n) is 3.12. The zero-order valence-electron chi connectivity index (χ0n) is 12.5. The fourth-order valence-electron chi connectivity index (χ4n) is 2.22. The Bertz CT molecular complexity index is 510. The Hall–Kier alpha value is -2.19. The maximum atomic E-state index is 12.2. The zero-order valence-corrected chi connectivity index (χ0v) is 12.5. The fraction of sp³-hybridized carbons (Fsp3) is 0.750. The molecule has 1 saturated heterocycles. The van der Waals surface area contributed by atoms with Crippen molar-refractivity contribution in [3.63, 3.8) is 0 Å². The summed E-state index contributed by atoms with van der Waals surface area (Å²) in [5.41, 5.74) is -0.634.